The Bertz CT molecular complexity index is 703. The lowest BCUT2D eigenvalue weighted by molar-refractivity contribution is 0.415. The first-order valence-corrected chi connectivity index (χ1v) is 7.16. The molecule has 1 aromatic heterocycles. The fraction of sp³-hybridized carbons (Fsp3) is 0.250. The molecule has 0 aliphatic rings. The maximum atomic E-state index is 5.34. The van der Waals surface area contributed by atoms with Gasteiger partial charge in [0.1, 0.15) is 11.5 Å². The third-order valence-electron chi connectivity index (χ3n) is 3.60. The van der Waals surface area contributed by atoms with Crippen LogP contribution in [0, 0.1) is 0 Å². The number of benzene rings is 2. The Kier molecular flexibility index (Phi) is 3.49. The smallest absolute Gasteiger partial charge is 0.119 e. The van der Waals surface area contributed by atoms with Crippen molar-refractivity contribution in [2.75, 3.05) is 20.0 Å². The van der Waals surface area contributed by atoms with Crippen molar-refractivity contribution in [3.05, 3.63) is 36.4 Å². The molecule has 0 bridgehead atoms. The fourth-order valence-corrected chi connectivity index (χ4v) is 2.86. The monoisotopic (exact) mass is 287 g/mol. The van der Waals surface area contributed by atoms with Gasteiger partial charge in [0, 0.05) is 34.1 Å². The van der Waals surface area contributed by atoms with Gasteiger partial charge in [0.2, 0.25) is 0 Å². The molecule has 0 unspecified atom stereocenters. The lowest BCUT2D eigenvalue weighted by atomic mass is 10.1. The van der Waals surface area contributed by atoms with E-state index >= 15 is 0 Å². The maximum absolute atomic E-state index is 5.34. The number of thiol groups is 1. The first kappa shape index (κ1) is 13.2. The van der Waals surface area contributed by atoms with E-state index in [1.165, 1.54) is 21.8 Å². The number of hydrogen-bond acceptors (Lipinski definition) is 3. The molecular weight excluding hydrogens is 270 g/mol. The minimum absolute atomic E-state index is 0.803. The van der Waals surface area contributed by atoms with E-state index in [2.05, 4.69) is 41.5 Å². The Morgan fingerprint density at radius 1 is 0.900 bits per heavy atom. The summed E-state index contributed by atoms with van der Waals surface area (Å²) in [6.45, 7) is 0.877. The second-order valence-electron chi connectivity index (χ2n) is 4.64. The number of methoxy groups -OCH3 is 2. The highest BCUT2D eigenvalue weighted by atomic mass is 32.1. The molecule has 0 spiro atoms. The Balaban J connectivity index is 2.39. The number of nitrogens with zero attached hydrogens (tertiary/aromatic N) is 1. The average Bonchev–Trinajstić information content (AvgIpc) is 2.80. The molecule has 3 rings (SSSR count). The summed E-state index contributed by atoms with van der Waals surface area (Å²) in [6.07, 6.45) is 0. The second kappa shape index (κ2) is 5.29. The first-order chi connectivity index (χ1) is 9.78. The van der Waals surface area contributed by atoms with Crippen LogP contribution >= 0.6 is 12.6 Å². The van der Waals surface area contributed by atoms with Gasteiger partial charge >= 0.3 is 0 Å². The van der Waals surface area contributed by atoms with Gasteiger partial charge in [-0.2, -0.15) is 12.6 Å². The third-order valence-corrected chi connectivity index (χ3v) is 3.80. The number of rotatable bonds is 4. The molecule has 20 heavy (non-hydrogen) atoms. The molecule has 0 aliphatic heterocycles. The quantitative estimate of drug-likeness (QED) is 0.739. The maximum Gasteiger partial charge on any atom is 0.119 e. The minimum atomic E-state index is 0.803. The lowest BCUT2D eigenvalue weighted by Crippen LogP contribution is -1.98. The van der Waals surface area contributed by atoms with Crippen LogP contribution in [0.25, 0.3) is 21.8 Å². The molecule has 1 heterocycles. The molecule has 0 fully saturated rings. The topological polar surface area (TPSA) is 23.4 Å². The predicted octanol–water partition coefficient (Wildman–Crippen LogP) is 3.74. The van der Waals surface area contributed by atoms with Crippen LogP contribution < -0.4 is 9.47 Å². The highest BCUT2D eigenvalue weighted by molar-refractivity contribution is 7.80. The minimum Gasteiger partial charge on any atom is -0.497 e. The van der Waals surface area contributed by atoms with Gasteiger partial charge in [-0.05, 0) is 36.4 Å². The van der Waals surface area contributed by atoms with E-state index in [9.17, 15) is 0 Å². The molecule has 0 atom stereocenters. The summed E-state index contributed by atoms with van der Waals surface area (Å²) < 4.78 is 13.0. The fourth-order valence-electron chi connectivity index (χ4n) is 2.66. The molecule has 104 valence electrons. The van der Waals surface area contributed by atoms with Crippen LogP contribution in [-0.4, -0.2) is 24.5 Å². The van der Waals surface area contributed by atoms with Crippen molar-refractivity contribution in [3.63, 3.8) is 0 Å². The van der Waals surface area contributed by atoms with Gasteiger partial charge in [0.05, 0.1) is 14.2 Å². The Morgan fingerprint density at radius 2 is 1.40 bits per heavy atom. The third kappa shape index (κ3) is 2.00. The Labute approximate surface area is 123 Å². The highest BCUT2D eigenvalue weighted by Gasteiger charge is 2.11. The molecular formula is C16H17NO2S. The summed E-state index contributed by atoms with van der Waals surface area (Å²) in [5.41, 5.74) is 2.39. The average molecular weight is 287 g/mol. The second-order valence-corrected chi connectivity index (χ2v) is 5.09. The van der Waals surface area contributed by atoms with Crippen molar-refractivity contribution < 1.29 is 9.47 Å². The number of hydrogen-bond donors (Lipinski definition) is 1. The van der Waals surface area contributed by atoms with Crippen LogP contribution in [0.1, 0.15) is 0 Å². The molecule has 0 aliphatic carbocycles. The van der Waals surface area contributed by atoms with E-state index in [-0.39, 0.29) is 0 Å². The van der Waals surface area contributed by atoms with E-state index in [1.54, 1.807) is 14.2 Å². The molecule has 0 saturated heterocycles. The molecule has 0 amide bonds. The Hall–Kier alpha value is -1.81. The van der Waals surface area contributed by atoms with Crippen molar-refractivity contribution >= 4 is 34.4 Å². The van der Waals surface area contributed by atoms with Gasteiger partial charge in [-0.3, -0.25) is 0 Å². The van der Waals surface area contributed by atoms with E-state index in [4.69, 9.17) is 9.47 Å². The highest BCUT2D eigenvalue weighted by Crippen LogP contribution is 2.33. The van der Waals surface area contributed by atoms with E-state index < -0.39 is 0 Å². The van der Waals surface area contributed by atoms with Crippen molar-refractivity contribution in [3.8, 4) is 11.5 Å². The summed E-state index contributed by atoms with van der Waals surface area (Å²) >= 11 is 4.37. The van der Waals surface area contributed by atoms with E-state index in [1.807, 2.05) is 12.1 Å². The molecule has 0 saturated carbocycles. The number of ether oxygens (including phenoxy) is 2. The van der Waals surface area contributed by atoms with Gasteiger partial charge in [0.25, 0.3) is 0 Å². The lowest BCUT2D eigenvalue weighted by Gasteiger charge is -2.05. The predicted molar refractivity (Wildman–Crippen MR) is 86.4 cm³/mol. The SMILES string of the molecule is COc1ccc2c(c1)c1cc(OC)ccc1n2CCS. The van der Waals surface area contributed by atoms with Crippen LogP contribution in [0.5, 0.6) is 11.5 Å². The van der Waals surface area contributed by atoms with Crippen molar-refractivity contribution in [1.82, 2.24) is 4.57 Å². The summed E-state index contributed by atoms with van der Waals surface area (Å²) in [4.78, 5) is 0. The standard InChI is InChI=1S/C16H17NO2S/c1-18-11-3-5-15-13(9-11)14-10-12(19-2)4-6-16(14)17(15)7-8-20/h3-6,9-10,20H,7-8H2,1-2H3. The number of aromatic nitrogens is 1. The molecule has 2 aromatic carbocycles. The summed E-state index contributed by atoms with van der Waals surface area (Å²) in [7, 11) is 3.38. The summed E-state index contributed by atoms with van der Waals surface area (Å²) in [5.74, 6) is 2.53. The van der Waals surface area contributed by atoms with Gasteiger partial charge in [-0.25, -0.2) is 0 Å². The van der Waals surface area contributed by atoms with Gasteiger partial charge < -0.3 is 14.0 Å². The zero-order valence-electron chi connectivity index (χ0n) is 11.6. The summed E-state index contributed by atoms with van der Waals surface area (Å²) in [6, 6.07) is 12.3. The molecule has 4 heteroatoms. The number of aryl methyl sites for hydroxylation is 1. The van der Waals surface area contributed by atoms with Crippen molar-refractivity contribution in [2.45, 2.75) is 6.54 Å². The van der Waals surface area contributed by atoms with E-state index in [0.29, 0.717) is 0 Å². The molecule has 0 N–H and O–H groups in total. The zero-order valence-corrected chi connectivity index (χ0v) is 12.5. The van der Waals surface area contributed by atoms with Crippen molar-refractivity contribution in [2.24, 2.45) is 0 Å². The summed E-state index contributed by atoms with van der Waals surface area (Å²) in [5, 5.41) is 2.36. The zero-order chi connectivity index (χ0) is 14.1. The van der Waals surface area contributed by atoms with Gasteiger partial charge in [0.15, 0.2) is 0 Å². The van der Waals surface area contributed by atoms with Crippen LogP contribution in [-0.2, 0) is 6.54 Å². The van der Waals surface area contributed by atoms with E-state index in [0.717, 1.165) is 23.8 Å². The normalized spacial score (nSPS) is 11.2. The first-order valence-electron chi connectivity index (χ1n) is 6.53. The Morgan fingerprint density at radius 3 is 1.80 bits per heavy atom. The van der Waals surface area contributed by atoms with Crippen molar-refractivity contribution in [1.29, 1.82) is 0 Å². The largest absolute Gasteiger partial charge is 0.497 e. The van der Waals surface area contributed by atoms with Crippen LogP contribution in [0.2, 0.25) is 0 Å². The van der Waals surface area contributed by atoms with Gasteiger partial charge in [-0.15, -0.1) is 0 Å². The number of fused-ring (bicyclic) bond motifs is 3. The van der Waals surface area contributed by atoms with Crippen LogP contribution in [0.15, 0.2) is 36.4 Å². The van der Waals surface area contributed by atoms with Gasteiger partial charge in [-0.1, -0.05) is 0 Å². The van der Waals surface area contributed by atoms with Crippen LogP contribution in [0.4, 0.5) is 0 Å². The molecule has 3 nitrogen and oxygen atoms in total. The molecule has 0 radical (unpaired) electrons. The van der Waals surface area contributed by atoms with Crippen LogP contribution in [0.3, 0.4) is 0 Å². The molecule has 3 aromatic rings.